The minimum Gasteiger partial charge on any atom is -0.481 e. The van der Waals surface area contributed by atoms with E-state index in [-0.39, 0.29) is 6.42 Å². The fourth-order valence-corrected chi connectivity index (χ4v) is 3.84. The molecule has 0 rings (SSSR count). The Morgan fingerprint density at radius 1 is 0.800 bits per heavy atom. The molecule has 0 spiro atoms. The average Bonchev–Trinajstić information content (AvgIpc) is 2.53. The van der Waals surface area contributed by atoms with Gasteiger partial charge < -0.3 is 5.11 Å². The number of allylic oxidation sites excluding steroid dienone is 2. The molecule has 0 radical (unpaired) electrons. The maximum Gasteiger partial charge on any atom is 0.303 e. The Balaban J connectivity index is 3.90. The monoisotopic (exact) mass is 374 g/mol. The Bertz CT molecular complexity index is 466. The van der Waals surface area contributed by atoms with Gasteiger partial charge in [-0.1, -0.05) is 70.8 Å². The zero-order chi connectivity index (χ0) is 19.0. The normalized spacial score (nSPS) is 12.5. The summed E-state index contributed by atoms with van der Waals surface area (Å²) in [6, 6.07) is 0. The van der Waals surface area contributed by atoms with Crippen LogP contribution in [0, 0.1) is 0 Å². The zero-order valence-electron chi connectivity index (χ0n) is 16.3. The minimum absolute atomic E-state index is 0.247. The Morgan fingerprint density at radius 2 is 1.28 bits per heavy atom. The van der Waals surface area contributed by atoms with E-state index >= 15 is 0 Å². The SMILES string of the molecule is CCCCCCCCC/C(=C\CCCCCCCC(=O)O)S(C)(=O)=O. The molecule has 1 N–H and O–H groups in total. The molecule has 0 saturated carbocycles. The van der Waals surface area contributed by atoms with Crippen molar-refractivity contribution in [2.75, 3.05) is 6.26 Å². The van der Waals surface area contributed by atoms with E-state index in [0.29, 0.717) is 11.3 Å². The minimum atomic E-state index is -3.08. The van der Waals surface area contributed by atoms with Gasteiger partial charge in [-0.15, -0.1) is 0 Å². The van der Waals surface area contributed by atoms with Crippen molar-refractivity contribution in [2.45, 2.75) is 103 Å². The summed E-state index contributed by atoms with van der Waals surface area (Å²) in [6.45, 7) is 2.21. The molecule has 0 aliphatic rings. The number of sulfone groups is 1. The van der Waals surface area contributed by atoms with Crippen LogP contribution in [-0.4, -0.2) is 25.7 Å². The number of carboxylic acid groups (broad SMARTS) is 1. The fourth-order valence-electron chi connectivity index (χ4n) is 2.91. The largest absolute Gasteiger partial charge is 0.481 e. The number of unbranched alkanes of at least 4 members (excludes halogenated alkanes) is 11. The van der Waals surface area contributed by atoms with Crippen molar-refractivity contribution in [1.29, 1.82) is 0 Å². The quantitative estimate of drug-likeness (QED) is 0.323. The molecule has 148 valence electrons. The predicted molar refractivity (Wildman–Crippen MR) is 105 cm³/mol. The van der Waals surface area contributed by atoms with Gasteiger partial charge in [-0.05, 0) is 32.1 Å². The lowest BCUT2D eigenvalue weighted by Gasteiger charge is -2.06. The molecule has 0 aromatic rings. The highest BCUT2D eigenvalue weighted by Crippen LogP contribution is 2.18. The van der Waals surface area contributed by atoms with E-state index in [1.54, 1.807) is 0 Å². The lowest BCUT2D eigenvalue weighted by Crippen LogP contribution is -2.01. The summed E-state index contributed by atoms with van der Waals surface area (Å²) in [4.78, 5) is 11.0. The standard InChI is InChI=1S/C20H38O4S/c1-3-4-5-6-7-10-13-16-19(25(2,23)24)17-14-11-8-9-12-15-18-20(21)22/h17H,3-16,18H2,1-2H3,(H,21,22)/b19-17+. The van der Waals surface area contributed by atoms with Crippen LogP contribution in [0.15, 0.2) is 11.0 Å². The summed E-state index contributed by atoms with van der Waals surface area (Å²) in [5, 5.41) is 8.57. The molecule has 0 saturated heterocycles. The molecule has 0 aromatic heterocycles. The molecular weight excluding hydrogens is 336 g/mol. The second-order valence-corrected chi connectivity index (χ2v) is 9.08. The van der Waals surface area contributed by atoms with Crippen molar-refractivity contribution in [2.24, 2.45) is 0 Å². The summed E-state index contributed by atoms with van der Waals surface area (Å²) >= 11 is 0. The van der Waals surface area contributed by atoms with Crippen molar-refractivity contribution in [1.82, 2.24) is 0 Å². The molecule has 0 bridgehead atoms. The number of aliphatic carboxylic acids is 1. The fraction of sp³-hybridized carbons (Fsp3) is 0.850. The first-order valence-corrected chi connectivity index (χ1v) is 11.9. The predicted octanol–water partition coefficient (Wildman–Crippen LogP) is 5.87. The van der Waals surface area contributed by atoms with Crippen LogP contribution in [0.2, 0.25) is 0 Å². The van der Waals surface area contributed by atoms with Crippen LogP contribution in [-0.2, 0) is 14.6 Å². The summed E-state index contributed by atoms with van der Waals surface area (Å²) < 4.78 is 23.8. The molecule has 0 aliphatic heterocycles. The Hall–Kier alpha value is -0.840. The molecule has 5 heteroatoms. The number of rotatable bonds is 17. The number of hydrogen-bond donors (Lipinski definition) is 1. The van der Waals surface area contributed by atoms with Crippen molar-refractivity contribution in [3.63, 3.8) is 0 Å². The van der Waals surface area contributed by atoms with E-state index in [1.807, 2.05) is 6.08 Å². The molecule has 0 unspecified atom stereocenters. The molecule has 0 aliphatic carbocycles. The molecular formula is C20H38O4S. The van der Waals surface area contributed by atoms with Gasteiger partial charge in [0.2, 0.25) is 0 Å². The Kier molecular flexibility index (Phi) is 14.9. The lowest BCUT2D eigenvalue weighted by atomic mass is 10.1. The molecule has 0 heterocycles. The van der Waals surface area contributed by atoms with E-state index in [1.165, 1.54) is 38.4 Å². The highest BCUT2D eigenvalue weighted by molar-refractivity contribution is 7.94. The van der Waals surface area contributed by atoms with E-state index in [9.17, 15) is 13.2 Å². The molecule has 4 nitrogen and oxygen atoms in total. The first kappa shape index (κ1) is 24.2. The topological polar surface area (TPSA) is 71.4 Å². The Morgan fingerprint density at radius 3 is 1.80 bits per heavy atom. The van der Waals surface area contributed by atoms with Gasteiger partial charge in [0, 0.05) is 17.6 Å². The van der Waals surface area contributed by atoms with Gasteiger partial charge >= 0.3 is 5.97 Å². The molecule has 0 atom stereocenters. The van der Waals surface area contributed by atoms with Crippen LogP contribution in [0.1, 0.15) is 103 Å². The smallest absolute Gasteiger partial charge is 0.303 e. The van der Waals surface area contributed by atoms with Crippen molar-refractivity contribution in [3.8, 4) is 0 Å². The number of hydrogen-bond acceptors (Lipinski definition) is 3. The second-order valence-electron chi connectivity index (χ2n) is 7.01. The summed E-state index contributed by atoms with van der Waals surface area (Å²) in [6.07, 6.45) is 18.0. The van der Waals surface area contributed by atoms with E-state index in [4.69, 9.17) is 5.11 Å². The summed E-state index contributed by atoms with van der Waals surface area (Å²) in [5.74, 6) is -0.730. The van der Waals surface area contributed by atoms with E-state index in [0.717, 1.165) is 51.4 Å². The zero-order valence-corrected chi connectivity index (χ0v) is 17.1. The van der Waals surface area contributed by atoms with Gasteiger partial charge in [0.25, 0.3) is 0 Å². The average molecular weight is 375 g/mol. The number of carbonyl (C=O) groups is 1. The number of carboxylic acids is 1. The van der Waals surface area contributed by atoms with Crippen LogP contribution in [0.4, 0.5) is 0 Å². The van der Waals surface area contributed by atoms with Crippen LogP contribution >= 0.6 is 0 Å². The van der Waals surface area contributed by atoms with Gasteiger partial charge in [0.1, 0.15) is 0 Å². The Labute approximate surface area is 155 Å². The third-order valence-electron chi connectivity index (χ3n) is 4.47. The van der Waals surface area contributed by atoms with Crippen molar-refractivity contribution in [3.05, 3.63) is 11.0 Å². The van der Waals surface area contributed by atoms with Crippen LogP contribution < -0.4 is 0 Å². The van der Waals surface area contributed by atoms with Gasteiger partial charge in [-0.3, -0.25) is 4.79 Å². The van der Waals surface area contributed by atoms with Crippen molar-refractivity contribution < 1.29 is 18.3 Å². The first-order chi connectivity index (χ1) is 11.9. The molecule has 0 aromatic carbocycles. The summed E-state index contributed by atoms with van der Waals surface area (Å²) in [5.41, 5.74) is 0. The first-order valence-electron chi connectivity index (χ1n) is 9.98. The van der Waals surface area contributed by atoms with E-state index in [2.05, 4.69) is 6.92 Å². The lowest BCUT2D eigenvalue weighted by molar-refractivity contribution is -0.137. The maximum absolute atomic E-state index is 11.9. The van der Waals surface area contributed by atoms with E-state index < -0.39 is 15.8 Å². The van der Waals surface area contributed by atoms with Crippen LogP contribution in [0.5, 0.6) is 0 Å². The molecule has 0 amide bonds. The van der Waals surface area contributed by atoms with Gasteiger partial charge in [0.15, 0.2) is 9.84 Å². The van der Waals surface area contributed by atoms with Crippen molar-refractivity contribution >= 4 is 15.8 Å². The second kappa shape index (κ2) is 15.4. The van der Waals surface area contributed by atoms with Gasteiger partial charge in [-0.25, -0.2) is 8.42 Å². The maximum atomic E-state index is 11.9. The summed E-state index contributed by atoms with van der Waals surface area (Å²) in [7, 11) is -3.08. The van der Waals surface area contributed by atoms with Gasteiger partial charge in [-0.2, -0.15) is 0 Å². The molecule has 0 fully saturated rings. The highest BCUT2D eigenvalue weighted by Gasteiger charge is 2.10. The van der Waals surface area contributed by atoms with Crippen LogP contribution in [0.3, 0.4) is 0 Å². The third kappa shape index (κ3) is 16.4. The third-order valence-corrected chi connectivity index (χ3v) is 5.79. The molecule has 25 heavy (non-hydrogen) atoms. The van der Waals surface area contributed by atoms with Gasteiger partial charge in [0.05, 0.1) is 0 Å². The van der Waals surface area contributed by atoms with Crippen LogP contribution in [0.25, 0.3) is 0 Å². The highest BCUT2D eigenvalue weighted by atomic mass is 32.2.